The lowest BCUT2D eigenvalue weighted by Crippen LogP contribution is -2.18. The zero-order chi connectivity index (χ0) is 23.2. The fourth-order valence-corrected chi connectivity index (χ4v) is 3.50. The van der Waals surface area contributed by atoms with E-state index in [1.807, 2.05) is 54.6 Å². The van der Waals surface area contributed by atoms with Crippen molar-refractivity contribution in [1.29, 1.82) is 0 Å². The van der Waals surface area contributed by atoms with Crippen molar-refractivity contribution in [3.05, 3.63) is 83.9 Å². The Hall–Kier alpha value is -4.39. The van der Waals surface area contributed by atoms with E-state index in [4.69, 9.17) is 19.2 Å². The molecule has 0 aliphatic carbocycles. The van der Waals surface area contributed by atoms with Gasteiger partial charge in [-0.1, -0.05) is 48.5 Å². The molecule has 3 aromatic carbocycles. The standard InChI is InChI=1S/C26H23N3O4/c1-31-18-13-24(32-2)21(25(14-18)33-3)16-27-29-26(30)20-15-23(17-9-5-4-6-10-17)28-22-12-8-7-11-19(20)22/h4-16H,1-3H3,(H,29,30). The maximum atomic E-state index is 13.1. The molecule has 33 heavy (non-hydrogen) atoms. The minimum Gasteiger partial charge on any atom is -0.496 e. The van der Waals surface area contributed by atoms with E-state index in [0.717, 1.165) is 16.5 Å². The van der Waals surface area contributed by atoms with E-state index in [1.165, 1.54) is 6.21 Å². The van der Waals surface area contributed by atoms with Crippen molar-refractivity contribution in [3.8, 4) is 28.5 Å². The van der Waals surface area contributed by atoms with Gasteiger partial charge in [-0.25, -0.2) is 10.4 Å². The van der Waals surface area contributed by atoms with E-state index in [0.29, 0.717) is 34.1 Å². The third-order valence-corrected chi connectivity index (χ3v) is 5.14. The van der Waals surface area contributed by atoms with Gasteiger partial charge in [-0.2, -0.15) is 5.10 Å². The fraction of sp³-hybridized carbons (Fsp3) is 0.115. The molecule has 1 aromatic heterocycles. The highest BCUT2D eigenvalue weighted by Gasteiger charge is 2.15. The number of aromatic nitrogens is 1. The number of methoxy groups -OCH3 is 3. The minimum atomic E-state index is -0.353. The summed E-state index contributed by atoms with van der Waals surface area (Å²) >= 11 is 0. The molecule has 0 aliphatic rings. The van der Waals surface area contributed by atoms with Gasteiger partial charge in [0.2, 0.25) is 0 Å². The number of hydrogen-bond acceptors (Lipinski definition) is 6. The predicted octanol–water partition coefficient (Wildman–Crippen LogP) is 4.69. The van der Waals surface area contributed by atoms with E-state index < -0.39 is 0 Å². The van der Waals surface area contributed by atoms with Crippen LogP contribution >= 0.6 is 0 Å². The monoisotopic (exact) mass is 441 g/mol. The molecule has 7 heteroatoms. The van der Waals surface area contributed by atoms with E-state index in [9.17, 15) is 4.79 Å². The smallest absolute Gasteiger partial charge is 0.272 e. The Morgan fingerprint density at radius 2 is 1.55 bits per heavy atom. The van der Waals surface area contributed by atoms with Crippen LogP contribution in [0.4, 0.5) is 0 Å². The highest BCUT2D eigenvalue weighted by Crippen LogP contribution is 2.32. The number of hydrazone groups is 1. The summed E-state index contributed by atoms with van der Waals surface area (Å²) in [5.74, 6) is 1.24. The molecule has 0 aliphatic heterocycles. The van der Waals surface area contributed by atoms with Crippen LogP contribution in [0.15, 0.2) is 77.9 Å². The first-order chi connectivity index (χ1) is 16.1. The number of carbonyl (C=O) groups is 1. The summed E-state index contributed by atoms with van der Waals surface area (Å²) < 4.78 is 16.1. The summed E-state index contributed by atoms with van der Waals surface area (Å²) in [6, 6.07) is 22.5. The summed E-state index contributed by atoms with van der Waals surface area (Å²) in [6.45, 7) is 0. The van der Waals surface area contributed by atoms with Crippen LogP contribution in [0.25, 0.3) is 22.2 Å². The van der Waals surface area contributed by atoms with Crippen LogP contribution in [0.3, 0.4) is 0 Å². The van der Waals surface area contributed by atoms with Gasteiger partial charge in [-0.05, 0) is 12.1 Å². The fourth-order valence-electron chi connectivity index (χ4n) is 3.50. The van der Waals surface area contributed by atoms with Crippen molar-refractivity contribution < 1.29 is 19.0 Å². The second kappa shape index (κ2) is 9.82. The van der Waals surface area contributed by atoms with Gasteiger partial charge in [0, 0.05) is 23.1 Å². The van der Waals surface area contributed by atoms with Crippen molar-refractivity contribution in [2.45, 2.75) is 0 Å². The Morgan fingerprint density at radius 3 is 2.21 bits per heavy atom. The number of pyridine rings is 1. The molecular weight excluding hydrogens is 418 g/mol. The van der Waals surface area contributed by atoms with Crippen LogP contribution in [0.5, 0.6) is 17.2 Å². The second-order valence-electron chi connectivity index (χ2n) is 7.08. The number of ether oxygens (including phenoxy) is 3. The first kappa shape index (κ1) is 21.8. The minimum absolute atomic E-state index is 0.353. The molecule has 0 bridgehead atoms. The van der Waals surface area contributed by atoms with Crippen LogP contribution in [-0.2, 0) is 0 Å². The van der Waals surface area contributed by atoms with Gasteiger partial charge in [0.25, 0.3) is 5.91 Å². The van der Waals surface area contributed by atoms with Gasteiger partial charge in [0.15, 0.2) is 0 Å². The van der Waals surface area contributed by atoms with Gasteiger partial charge >= 0.3 is 0 Å². The van der Waals surface area contributed by atoms with E-state index in [2.05, 4.69) is 10.5 Å². The molecule has 0 atom stereocenters. The van der Waals surface area contributed by atoms with Crippen LogP contribution in [0.1, 0.15) is 15.9 Å². The Labute approximate surface area is 191 Å². The van der Waals surface area contributed by atoms with Crippen molar-refractivity contribution in [2.24, 2.45) is 5.10 Å². The SMILES string of the molecule is COc1cc(OC)c(C=NNC(=O)c2cc(-c3ccccc3)nc3ccccc23)c(OC)c1. The molecular formula is C26H23N3O4. The van der Waals surface area contributed by atoms with Gasteiger partial charge in [-0.15, -0.1) is 0 Å². The molecule has 1 N–H and O–H groups in total. The Kier molecular flexibility index (Phi) is 6.50. The summed E-state index contributed by atoms with van der Waals surface area (Å²) in [6.07, 6.45) is 1.48. The summed E-state index contributed by atoms with van der Waals surface area (Å²) in [7, 11) is 4.64. The third-order valence-electron chi connectivity index (χ3n) is 5.14. The molecule has 0 saturated heterocycles. The first-order valence-corrected chi connectivity index (χ1v) is 10.2. The number of para-hydroxylation sites is 1. The quantitative estimate of drug-likeness (QED) is 0.332. The molecule has 0 unspecified atom stereocenters. The van der Waals surface area contributed by atoms with Crippen molar-refractivity contribution in [3.63, 3.8) is 0 Å². The molecule has 1 amide bonds. The molecule has 1 heterocycles. The first-order valence-electron chi connectivity index (χ1n) is 10.2. The normalized spacial score (nSPS) is 10.9. The Morgan fingerprint density at radius 1 is 0.879 bits per heavy atom. The molecule has 0 radical (unpaired) electrons. The molecule has 4 rings (SSSR count). The van der Waals surface area contributed by atoms with Gasteiger partial charge in [0.05, 0.1) is 49.9 Å². The summed E-state index contributed by atoms with van der Waals surface area (Å²) in [5, 5.41) is 4.89. The van der Waals surface area contributed by atoms with Crippen molar-refractivity contribution in [1.82, 2.24) is 10.4 Å². The van der Waals surface area contributed by atoms with E-state index in [-0.39, 0.29) is 5.91 Å². The van der Waals surface area contributed by atoms with E-state index in [1.54, 1.807) is 39.5 Å². The summed E-state index contributed by atoms with van der Waals surface area (Å²) in [4.78, 5) is 17.8. The number of nitrogens with zero attached hydrogens (tertiary/aromatic N) is 2. The van der Waals surface area contributed by atoms with Gasteiger partial charge in [0.1, 0.15) is 17.2 Å². The lowest BCUT2D eigenvalue weighted by Gasteiger charge is -2.12. The molecule has 4 aromatic rings. The number of hydrogen-bond donors (Lipinski definition) is 1. The number of rotatable bonds is 7. The van der Waals surface area contributed by atoms with Gasteiger partial charge < -0.3 is 14.2 Å². The number of amides is 1. The van der Waals surface area contributed by atoms with Gasteiger partial charge in [-0.3, -0.25) is 4.79 Å². The highest BCUT2D eigenvalue weighted by molar-refractivity contribution is 6.07. The van der Waals surface area contributed by atoms with Crippen LogP contribution in [-0.4, -0.2) is 38.4 Å². The van der Waals surface area contributed by atoms with Crippen LogP contribution in [0.2, 0.25) is 0 Å². The van der Waals surface area contributed by atoms with Crippen LogP contribution < -0.4 is 19.6 Å². The lowest BCUT2D eigenvalue weighted by molar-refractivity contribution is 0.0956. The third kappa shape index (κ3) is 4.62. The Balaban J connectivity index is 1.67. The van der Waals surface area contributed by atoms with Crippen molar-refractivity contribution in [2.75, 3.05) is 21.3 Å². The zero-order valence-electron chi connectivity index (χ0n) is 18.5. The largest absolute Gasteiger partial charge is 0.496 e. The molecule has 166 valence electrons. The maximum absolute atomic E-state index is 13.1. The predicted molar refractivity (Wildman–Crippen MR) is 128 cm³/mol. The molecule has 0 fully saturated rings. The number of fused-ring (bicyclic) bond motifs is 1. The summed E-state index contributed by atoms with van der Waals surface area (Å²) in [5.41, 5.74) is 6.02. The lowest BCUT2D eigenvalue weighted by atomic mass is 10.0. The van der Waals surface area contributed by atoms with Crippen molar-refractivity contribution >= 4 is 23.0 Å². The Bertz CT molecular complexity index is 1290. The average molecular weight is 441 g/mol. The van der Waals surface area contributed by atoms with Crippen LogP contribution in [0, 0.1) is 0 Å². The highest BCUT2D eigenvalue weighted by atomic mass is 16.5. The average Bonchev–Trinajstić information content (AvgIpc) is 2.88. The topological polar surface area (TPSA) is 82.0 Å². The van der Waals surface area contributed by atoms with E-state index >= 15 is 0 Å². The zero-order valence-corrected chi connectivity index (χ0v) is 18.5. The molecule has 0 spiro atoms. The molecule has 0 saturated carbocycles. The maximum Gasteiger partial charge on any atom is 0.272 e. The number of carbonyl (C=O) groups excluding carboxylic acids is 1. The second-order valence-corrected chi connectivity index (χ2v) is 7.08. The number of nitrogens with one attached hydrogen (secondary N) is 1. The number of benzene rings is 3. The molecule has 7 nitrogen and oxygen atoms in total.